The summed E-state index contributed by atoms with van der Waals surface area (Å²) in [5.41, 5.74) is 1.42. The maximum atomic E-state index is 14.1. The Labute approximate surface area is 113 Å². The van der Waals surface area contributed by atoms with Crippen LogP contribution in [0.1, 0.15) is 29.4 Å². The average molecular weight is 261 g/mol. The molecule has 0 aliphatic carbocycles. The molecular formula is C15H20FN3. The normalized spacial score (nSPS) is 12.6. The van der Waals surface area contributed by atoms with E-state index >= 15 is 0 Å². The Morgan fingerprint density at radius 2 is 2.21 bits per heavy atom. The molecule has 4 heteroatoms. The minimum atomic E-state index is -0.110. The van der Waals surface area contributed by atoms with Gasteiger partial charge in [0, 0.05) is 37.5 Å². The van der Waals surface area contributed by atoms with Crippen molar-refractivity contribution in [1.29, 1.82) is 0 Å². The number of aryl methyl sites for hydroxylation is 3. The lowest BCUT2D eigenvalue weighted by molar-refractivity contribution is 0.498. The van der Waals surface area contributed by atoms with E-state index in [1.165, 1.54) is 0 Å². The standard InChI is InChI=1S/C15H20FN3/c1-11-5-4-6-12(15(11)16)13(17-2)7-8-14-18-9-10-19(14)3/h4-6,9-10,13,17H,7-8H2,1-3H3. The summed E-state index contributed by atoms with van der Waals surface area (Å²) < 4.78 is 16.1. The lowest BCUT2D eigenvalue weighted by Gasteiger charge is -2.18. The quantitative estimate of drug-likeness (QED) is 0.897. The largest absolute Gasteiger partial charge is 0.338 e. The van der Waals surface area contributed by atoms with Crippen LogP contribution in [-0.2, 0) is 13.5 Å². The molecule has 1 atom stereocenters. The molecule has 0 aliphatic heterocycles. The Hall–Kier alpha value is -1.68. The lowest BCUT2D eigenvalue weighted by atomic mass is 9.99. The Morgan fingerprint density at radius 1 is 1.42 bits per heavy atom. The molecule has 102 valence electrons. The smallest absolute Gasteiger partial charge is 0.130 e. The summed E-state index contributed by atoms with van der Waals surface area (Å²) in [7, 11) is 3.84. The van der Waals surface area contributed by atoms with Gasteiger partial charge in [-0.2, -0.15) is 0 Å². The molecule has 0 bridgehead atoms. The van der Waals surface area contributed by atoms with Crippen molar-refractivity contribution in [2.75, 3.05) is 7.05 Å². The summed E-state index contributed by atoms with van der Waals surface area (Å²) >= 11 is 0. The molecule has 1 heterocycles. The maximum absolute atomic E-state index is 14.1. The topological polar surface area (TPSA) is 29.9 Å². The van der Waals surface area contributed by atoms with E-state index in [0.717, 1.165) is 24.2 Å². The molecule has 0 saturated heterocycles. The number of benzene rings is 1. The van der Waals surface area contributed by atoms with Crippen molar-refractivity contribution in [1.82, 2.24) is 14.9 Å². The fraction of sp³-hybridized carbons (Fsp3) is 0.400. The zero-order chi connectivity index (χ0) is 13.8. The second kappa shape index (κ2) is 5.97. The highest BCUT2D eigenvalue weighted by atomic mass is 19.1. The Bertz CT molecular complexity index is 548. The second-order valence-corrected chi connectivity index (χ2v) is 4.81. The van der Waals surface area contributed by atoms with Crippen LogP contribution in [0.25, 0.3) is 0 Å². The van der Waals surface area contributed by atoms with Gasteiger partial charge in [0.1, 0.15) is 11.6 Å². The average Bonchev–Trinajstić information content (AvgIpc) is 2.80. The molecule has 0 fully saturated rings. The molecule has 1 unspecified atom stereocenters. The van der Waals surface area contributed by atoms with E-state index in [1.807, 2.05) is 37.0 Å². The summed E-state index contributed by atoms with van der Waals surface area (Å²) in [5, 5.41) is 3.19. The van der Waals surface area contributed by atoms with E-state index in [0.29, 0.717) is 5.56 Å². The van der Waals surface area contributed by atoms with Crippen LogP contribution >= 0.6 is 0 Å². The molecule has 2 rings (SSSR count). The van der Waals surface area contributed by atoms with Crippen molar-refractivity contribution in [3.8, 4) is 0 Å². The number of imidazole rings is 1. The van der Waals surface area contributed by atoms with Gasteiger partial charge in [-0.15, -0.1) is 0 Å². The molecule has 2 aromatic rings. The highest BCUT2D eigenvalue weighted by molar-refractivity contribution is 5.27. The van der Waals surface area contributed by atoms with Crippen LogP contribution in [0.4, 0.5) is 4.39 Å². The van der Waals surface area contributed by atoms with Gasteiger partial charge in [-0.05, 0) is 26.0 Å². The van der Waals surface area contributed by atoms with Crippen LogP contribution in [-0.4, -0.2) is 16.6 Å². The molecule has 0 amide bonds. The summed E-state index contributed by atoms with van der Waals surface area (Å²) in [6.07, 6.45) is 5.36. The molecule has 19 heavy (non-hydrogen) atoms. The number of aromatic nitrogens is 2. The van der Waals surface area contributed by atoms with Gasteiger partial charge < -0.3 is 9.88 Å². The first kappa shape index (κ1) is 13.7. The zero-order valence-electron chi connectivity index (χ0n) is 11.7. The SMILES string of the molecule is CNC(CCc1nccn1C)c1cccc(C)c1F. The van der Waals surface area contributed by atoms with Crippen LogP contribution in [0, 0.1) is 12.7 Å². The first-order chi connectivity index (χ1) is 9.13. The highest BCUT2D eigenvalue weighted by Crippen LogP contribution is 2.23. The van der Waals surface area contributed by atoms with Crippen LogP contribution in [0.3, 0.4) is 0 Å². The van der Waals surface area contributed by atoms with Gasteiger partial charge in [-0.1, -0.05) is 18.2 Å². The monoisotopic (exact) mass is 261 g/mol. The minimum absolute atomic E-state index is 0.0107. The second-order valence-electron chi connectivity index (χ2n) is 4.81. The van der Waals surface area contributed by atoms with Crippen LogP contribution in [0.5, 0.6) is 0 Å². The van der Waals surface area contributed by atoms with Crippen LogP contribution < -0.4 is 5.32 Å². The van der Waals surface area contributed by atoms with Crippen molar-refractivity contribution in [3.63, 3.8) is 0 Å². The third kappa shape index (κ3) is 3.01. The van der Waals surface area contributed by atoms with Gasteiger partial charge in [0.15, 0.2) is 0 Å². The lowest BCUT2D eigenvalue weighted by Crippen LogP contribution is -2.19. The maximum Gasteiger partial charge on any atom is 0.130 e. The third-order valence-corrected chi connectivity index (χ3v) is 3.52. The van der Waals surface area contributed by atoms with Crippen molar-refractivity contribution in [2.45, 2.75) is 25.8 Å². The number of rotatable bonds is 5. The van der Waals surface area contributed by atoms with Gasteiger partial charge in [0.05, 0.1) is 0 Å². The van der Waals surface area contributed by atoms with Crippen LogP contribution in [0.15, 0.2) is 30.6 Å². The number of nitrogens with one attached hydrogen (secondary N) is 1. The third-order valence-electron chi connectivity index (χ3n) is 3.52. The van der Waals surface area contributed by atoms with Gasteiger partial charge in [0.2, 0.25) is 0 Å². The number of hydrogen-bond acceptors (Lipinski definition) is 2. The Kier molecular flexibility index (Phi) is 4.32. The molecule has 1 aromatic heterocycles. The molecule has 3 nitrogen and oxygen atoms in total. The molecular weight excluding hydrogens is 241 g/mol. The van der Waals surface area contributed by atoms with Gasteiger partial charge in [0.25, 0.3) is 0 Å². The number of halogens is 1. The highest BCUT2D eigenvalue weighted by Gasteiger charge is 2.15. The van der Waals surface area contributed by atoms with Crippen molar-refractivity contribution < 1.29 is 4.39 Å². The van der Waals surface area contributed by atoms with Gasteiger partial charge >= 0.3 is 0 Å². The summed E-state index contributed by atoms with van der Waals surface area (Å²) in [6.45, 7) is 1.80. The number of nitrogens with zero attached hydrogens (tertiary/aromatic N) is 2. The van der Waals surface area contributed by atoms with E-state index in [4.69, 9.17) is 0 Å². The Balaban J connectivity index is 2.12. The van der Waals surface area contributed by atoms with Crippen LogP contribution in [0.2, 0.25) is 0 Å². The number of hydrogen-bond donors (Lipinski definition) is 1. The van der Waals surface area contributed by atoms with Gasteiger partial charge in [-0.25, -0.2) is 9.37 Å². The fourth-order valence-electron chi connectivity index (χ4n) is 2.31. The van der Waals surface area contributed by atoms with E-state index in [9.17, 15) is 4.39 Å². The first-order valence-electron chi connectivity index (χ1n) is 6.52. The minimum Gasteiger partial charge on any atom is -0.338 e. The summed E-state index contributed by atoms with van der Waals surface area (Å²) in [5.74, 6) is 0.912. The summed E-state index contributed by atoms with van der Waals surface area (Å²) in [4.78, 5) is 4.30. The predicted octanol–water partition coefficient (Wildman–Crippen LogP) is 2.76. The van der Waals surface area contributed by atoms with Crippen molar-refractivity contribution in [3.05, 3.63) is 53.4 Å². The fourth-order valence-corrected chi connectivity index (χ4v) is 2.31. The van der Waals surface area contributed by atoms with Crippen molar-refractivity contribution in [2.24, 2.45) is 7.05 Å². The summed E-state index contributed by atoms with van der Waals surface area (Å²) in [6, 6.07) is 5.56. The molecule has 0 radical (unpaired) electrons. The molecule has 1 aromatic carbocycles. The molecule has 1 N–H and O–H groups in total. The van der Waals surface area contributed by atoms with E-state index in [2.05, 4.69) is 10.3 Å². The Morgan fingerprint density at radius 3 is 2.84 bits per heavy atom. The van der Waals surface area contributed by atoms with E-state index in [-0.39, 0.29) is 11.9 Å². The van der Waals surface area contributed by atoms with Crippen molar-refractivity contribution >= 4 is 0 Å². The predicted molar refractivity (Wildman–Crippen MR) is 74.5 cm³/mol. The molecule has 0 spiro atoms. The van der Waals surface area contributed by atoms with E-state index in [1.54, 1.807) is 19.2 Å². The van der Waals surface area contributed by atoms with E-state index < -0.39 is 0 Å². The zero-order valence-corrected chi connectivity index (χ0v) is 11.7. The molecule has 0 saturated carbocycles. The molecule has 0 aliphatic rings. The van der Waals surface area contributed by atoms with Gasteiger partial charge in [-0.3, -0.25) is 0 Å². The first-order valence-corrected chi connectivity index (χ1v) is 6.52.